The highest BCUT2D eigenvalue weighted by Crippen LogP contribution is 2.14. The summed E-state index contributed by atoms with van der Waals surface area (Å²) in [5.41, 5.74) is 6.41. The second kappa shape index (κ2) is 9.37. The Morgan fingerprint density at radius 3 is 2.45 bits per heavy atom. The van der Waals surface area contributed by atoms with Gasteiger partial charge in [-0.25, -0.2) is 0 Å². The van der Waals surface area contributed by atoms with Crippen molar-refractivity contribution < 1.29 is 14.6 Å². The Bertz CT molecular complexity index is 389. The van der Waals surface area contributed by atoms with Crippen LogP contribution >= 0.6 is 0 Å². The molecule has 0 aromatic heterocycles. The molecule has 1 aromatic rings. The molecule has 0 bridgehead atoms. The van der Waals surface area contributed by atoms with Crippen LogP contribution in [0, 0.1) is 0 Å². The predicted molar refractivity (Wildman–Crippen MR) is 80.0 cm³/mol. The monoisotopic (exact) mass is 279 g/mol. The highest BCUT2D eigenvalue weighted by atomic mass is 16.5. The van der Waals surface area contributed by atoms with Crippen LogP contribution in [0.1, 0.15) is 44.6 Å². The Morgan fingerprint density at radius 1 is 1.20 bits per heavy atom. The van der Waals surface area contributed by atoms with Crippen molar-refractivity contribution in [2.75, 3.05) is 6.61 Å². The predicted octanol–water partition coefficient (Wildman–Crippen LogP) is 2.99. The molecule has 112 valence electrons. The molecule has 0 amide bonds. The largest absolute Gasteiger partial charge is 0.494 e. The maximum atomic E-state index is 10.7. The van der Waals surface area contributed by atoms with Crippen LogP contribution in [0.2, 0.25) is 0 Å². The quantitative estimate of drug-likeness (QED) is 0.646. The first-order valence-electron chi connectivity index (χ1n) is 7.33. The van der Waals surface area contributed by atoms with Gasteiger partial charge in [-0.05, 0) is 30.5 Å². The summed E-state index contributed by atoms with van der Waals surface area (Å²) in [5.74, 6) is -0.148. The molecule has 0 fully saturated rings. The van der Waals surface area contributed by atoms with Gasteiger partial charge in [-0.15, -0.1) is 0 Å². The second-order valence-corrected chi connectivity index (χ2v) is 5.06. The number of carboxylic acids is 1. The molecular formula is C16H25NO3. The molecular weight excluding hydrogens is 254 g/mol. The number of carbonyl (C=O) groups is 1. The lowest BCUT2D eigenvalue weighted by Gasteiger charge is -2.09. The van der Waals surface area contributed by atoms with Gasteiger partial charge in [0.05, 0.1) is 6.61 Å². The van der Waals surface area contributed by atoms with Crippen LogP contribution in [0.15, 0.2) is 24.3 Å². The molecule has 20 heavy (non-hydrogen) atoms. The molecule has 4 nitrogen and oxygen atoms in total. The third-order valence-corrected chi connectivity index (χ3v) is 3.21. The Hall–Kier alpha value is -1.55. The maximum Gasteiger partial charge on any atom is 0.320 e. The van der Waals surface area contributed by atoms with Crippen LogP contribution in [0.25, 0.3) is 0 Å². The topological polar surface area (TPSA) is 72.5 Å². The van der Waals surface area contributed by atoms with Crippen molar-refractivity contribution in [3.63, 3.8) is 0 Å². The summed E-state index contributed by atoms with van der Waals surface area (Å²) >= 11 is 0. The lowest BCUT2D eigenvalue weighted by molar-refractivity contribution is -0.138. The van der Waals surface area contributed by atoms with E-state index in [2.05, 4.69) is 6.92 Å². The van der Waals surface area contributed by atoms with Gasteiger partial charge in [0, 0.05) is 0 Å². The van der Waals surface area contributed by atoms with Crippen LogP contribution in [0.3, 0.4) is 0 Å². The van der Waals surface area contributed by atoms with Gasteiger partial charge in [0.2, 0.25) is 0 Å². The molecule has 0 saturated carbocycles. The van der Waals surface area contributed by atoms with Gasteiger partial charge in [-0.1, -0.05) is 44.7 Å². The fourth-order valence-corrected chi connectivity index (χ4v) is 1.96. The molecule has 0 spiro atoms. The van der Waals surface area contributed by atoms with E-state index in [-0.39, 0.29) is 0 Å². The smallest absolute Gasteiger partial charge is 0.320 e. The van der Waals surface area contributed by atoms with Crippen molar-refractivity contribution in [3.05, 3.63) is 29.8 Å². The van der Waals surface area contributed by atoms with E-state index >= 15 is 0 Å². The zero-order valence-corrected chi connectivity index (χ0v) is 12.2. The Kier molecular flexibility index (Phi) is 7.73. The fraction of sp³-hybridized carbons (Fsp3) is 0.562. The first kappa shape index (κ1) is 16.5. The fourth-order valence-electron chi connectivity index (χ4n) is 1.96. The number of benzene rings is 1. The number of nitrogens with two attached hydrogens (primary N) is 1. The number of ether oxygens (including phenoxy) is 1. The van der Waals surface area contributed by atoms with E-state index in [9.17, 15) is 4.79 Å². The second-order valence-electron chi connectivity index (χ2n) is 5.06. The van der Waals surface area contributed by atoms with E-state index in [4.69, 9.17) is 15.6 Å². The summed E-state index contributed by atoms with van der Waals surface area (Å²) in [6, 6.07) is 6.64. The molecule has 0 aliphatic rings. The van der Waals surface area contributed by atoms with Gasteiger partial charge in [-0.2, -0.15) is 0 Å². The molecule has 1 aromatic carbocycles. The number of unbranched alkanes of at least 4 members (excludes halogenated alkanes) is 4. The van der Waals surface area contributed by atoms with Gasteiger partial charge in [-0.3, -0.25) is 4.79 Å². The first-order chi connectivity index (χ1) is 9.63. The van der Waals surface area contributed by atoms with Gasteiger partial charge in [0.1, 0.15) is 11.8 Å². The van der Waals surface area contributed by atoms with E-state index in [0.717, 1.165) is 24.3 Å². The number of aliphatic carboxylic acids is 1. The summed E-state index contributed by atoms with van der Waals surface area (Å²) < 4.78 is 5.65. The van der Waals surface area contributed by atoms with Gasteiger partial charge in [0.15, 0.2) is 0 Å². The highest BCUT2D eigenvalue weighted by molar-refractivity contribution is 5.73. The average Bonchev–Trinajstić information content (AvgIpc) is 2.44. The minimum atomic E-state index is -0.975. The molecule has 0 radical (unpaired) electrons. The SMILES string of the molecule is CCCCCCCOc1ccc(CC(N)C(=O)O)cc1. The molecule has 1 atom stereocenters. The molecule has 0 aliphatic carbocycles. The van der Waals surface area contributed by atoms with E-state index in [0.29, 0.717) is 6.42 Å². The van der Waals surface area contributed by atoms with Crippen LogP contribution in [0.4, 0.5) is 0 Å². The highest BCUT2D eigenvalue weighted by Gasteiger charge is 2.11. The molecule has 3 N–H and O–H groups in total. The van der Waals surface area contributed by atoms with E-state index in [1.165, 1.54) is 25.7 Å². The average molecular weight is 279 g/mol. The molecule has 1 rings (SSSR count). The standard InChI is InChI=1S/C16H25NO3/c1-2-3-4-5-6-11-20-14-9-7-13(8-10-14)12-15(17)16(18)19/h7-10,15H,2-6,11-12,17H2,1H3,(H,18,19). The molecule has 0 heterocycles. The lowest BCUT2D eigenvalue weighted by atomic mass is 10.1. The normalized spacial score (nSPS) is 12.1. The van der Waals surface area contributed by atoms with Crippen LogP contribution in [0.5, 0.6) is 5.75 Å². The molecule has 1 unspecified atom stereocenters. The van der Waals surface area contributed by atoms with Crippen molar-refractivity contribution >= 4 is 5.97 Å². The first-order valence-corrected chi connectivity index (χ1v) is 7.33. The van der Waals surface area contributed by atoms with Crippen LogP contribution in [-0.2, 0) is 11.2 Å². The Labute approximate surface area is 120 Å². The number of rotatable bonds is 10. The summed E-state index contributed by atoms with van der Waals surface area (Å²) in [5, 5.41) is 8.75. The van der Waals surface area contributed by atoms with Crippen molar-refractivity contribution in [1.29, 1.82) is 0 Å². The van der Waals surface area contributed by atoms with Gasteiger partial charge >= 0.3 is 5.97 Å². The van der Waals surface area contributed by atoms with Gasteiger partial charge < -0.3 is 15.6 Å². The van der Waals surface area contributed by atoms with Crippen molar-refractivity contribution in [1.82, 2.24) is 0 Å². The minimum absolute atomic E-state index is 0.340. The summed E-state index contributed by atoms with van der Waals surface area (Å²) in [6.45, 7) is 2.94. The van der Waals surface area contributed by atoms with E-state index < -0.39 is 12.0 Å². The Balaban J connectivity index is 2.26. The molecule has 0 aliphatic heterocycles. The zero-order valence-electron chi connectivity index (χ0n) is 12.2. The Morgan fingerprint density at radius 2 is 1.85 bits per heavy atom. The minimum Gasteiger partial charge on any atom is -0.494 e. The molecule has 4 heteroatoms. The number of hydrogen-bond acceptors (Lipinski definition) is 3. The van der Waals surface area contributed by atoms with Crippen molar-refractivity contribution in [3.8, 4) is 5.75 Å². The zero-order chi connectivity index (χ0) is 14.8. The molecule has 0 saturated heterocycles. The third-order valence-electron chi connectivity index (χ3n) is 3.21. The van der Waals surface area contributed by atoms with Crippen LogP contribution in [-0.4, -0.2) is 23.7 Å². The number of hydrogen-bond donors (Lipinski definition) is 2. The number of carboxylic acid groups (broad SMARTS) is 1. The summed E-state index contributed by atoms with van der Waals surface area (Å²) in [7, 11) is 0. The third kappa shape index (κ3) is 6.57. The summed E-state index contributed by atoms with van der Waals surface area (Å²) in [6.07, 6.45) is 6.43. The van der Waals surface area contributed by atoms with E-state index in [1.54, 1.807) is 0 Å². The van der Waals surface area contributed by atoms with Crippen molar-refractivity contribution in [2.45, 2.75) is 51.5 Å². The van der Waals surface area contributed by atoms with Crippen LogP contribution < -0.4 is 10.5 Å². The van der Waals surface area contributed by atoms with E-state index in [1.807, 2.05) is 24.3 Å². The summed E-state index contributed by atoms with van der Waals surface area (Å²) in [4.78, 5) is 10.7. The van der Waals surface area contributed by atoms with Gasteiger partial charge in [0.25, 0.3) is 0 Å². The van der Waals surface area contributed by atoms with Crippen molar-refractivity contribution in [2.24, 2.45) is 5.73 Å². The maximum absolute atomic E-state index is 10.7. The lowest BCUT2D eigenvalue weighted by Crippen LogP contribution is -2.32.